The molecule has 2 aliphatic heterocycles. The Kier molecular flexibility index (Phi) is 4.93. The predicted octanol–water partition coefficient (Wildman–Crippen LogP) is 2.62. The number of halogens is 3. The summed E-state index contributed by atoms with van der Waals surface area (Å²) in [6.45, 7) is 3.30. The van der Waals surface area contributed by atoms with E-state index in [1.54, 1.807) is 15.8 Å². The fourth-order valence-corrected chi connectivity index (χ4v) is 3.70. The first-order chi connectivity index (χ1) is 13.8. The van der Waals surface area contributed by atoms with Gasteiger partial charge in [-0.2, -0.15) is 5.10 Å². The molecule has 1 fully saturated rings. The van der Waals surface area contributed by atoms with E-state index in [1.165, 1.54) is 4.90 Å². The van der Waals surface area contributed by atoms with E-state index in [0.717, 1.165) is 12.1 Å². The van der Waals surface area contributed by atoms with Gasteiger partial charge in [0.25, 0.3) is 0 Å². The van der Waals surface area contributed by atoms with E-state index in [0.29, 0.717) is 37.5 Å². The molecule has 29 heavy (non-hydrogen) atoms. The Morgan fingerprint density at radius 3 is 2.69 bits per heavy atom. The fraction of sp³-hybridized carbons (Fsp3) is 0.421. The number of carbonyl (C=O) groups is 2. The molecule has 0 bridgehead atoms. The summed E-state index contributed by atoms with van der Waals surface area (Å²) in [5.74, 6) is -4.58. The van der Waals surface area contributed by atoms with Crippen LogP contribution in [-0.4, -0.2) is 45.9 Å². The number of hydrogen-bond acceptors (Lipinski definition) is 4. The Bertz CT molecular complexity index is 955. The van der Waals surface area contributed by atoms with Gasteiger partial charge >= 0.3 is 6.09 Å². The Morgan fingerprint density at radius 2 is 2.00 bits per heavy atom. The Hall–Kier alpha value is -3.04. The van der Waals surface area contributed by atoms with Crippen LogP contribution in [0, 0.1) is 17.5 Å². The van der Waals surface area contributed by atoms with Crippen LogP contribution in [0.1, 0.15) is 24.6 Å². The SMILES string of the molecule is C[C@H]1Cn2ncc(N3CCCOC3=O)c2CN1C(=O)Cc1cc(F)c(F)c(F)c1. The largest absolute Gasteiger partial charge is 0.449 e. The lowest BCUT2D eigenvalue weighted by Gasteiger charge is -2.35. The lowest BCUT2D eigenvalue weighted by atomic mass is 10.1. The van der Waals surface area contributed by atoms with Gasteiger partial charge in [-0.3, -0.25) is 14.4 Å². The number of hydrogen-bond donors (Lipinski definition) is 0. The highest BCUT2D eigenvalue weighted by molar-refractivity contribution is 5.89. The molecular weight excluding hydrogens is 389 g/mol. The number of anilines is 1. The molecule has 2 aromatic rings. The van der Waals surface area contributed by atoms with Crippen molar-refractivity contribution in [2.45, 2.75) is 38.9 Å². The van der Waals surface area contributed by atoms with Crippen molar-refractivity contribution < 1.29 is 27.5 Å². The molecule has 1 aromatic carbocycles. The molecule has 2 amide bonds. The first kappa shape index (κ1) is 19.3. The van der Waals surface area contributed by atoms with Crippen molar-refractivity contribution in [3.63, 3.8) is 0 Å². The van der Waals surface area contributed by atoms with Gasteiger partial charge in [0, 0.05) is 12.6 Å². The van der Waals surface area contributed by atoms with E-state index >= 15 is 0 Å². The van der Waals surface area contributed by atoms with Crippen LogP contribution in [0.5, 0.6) is 0 Å². The number of rotatable bonds is 3. The Labute approximate surface area is 164 Å². The number of amides is 2. The molecule has 0 saturated carbocycles. The molecule has 0 unspecified atom stereocenters. The normalized spacial score (nSPS) is 19.2. The molecule has 1 atom stereocenters. The highest BCUT2D eigenvalue weighted by Crippen LogP contribution is 2.29. The topological polar surface area (TPSA) is 67.7 Å². The summed E-state index contributed by atoms with van der Waals surface area (Å²) in [4.78, 5) is 28.0. The van der Waals surface area contributed by atoms with Crippen LogP contribution in [0.3, 0.4) is 0 Å². The van der Waals surface area contributed by atoms with Gasteiger partial charge in [-0.15, -0.1) is 0 Å². The minimum Gasteiger partial charge on any atom is -0.449 e. The van der Waals surface area contributed by atoms with Crippen molar-refractivity contribution >= 4 is 17.7 Å². The first-order valence-corrected chi connectivity index (χ1v) is 9.27. The summed E-state index contributed by atoms with van der Waals surface area (Å²) in [5.41, 5.74) is 1.32. The number of aromatic nitrogens is 2. The second-order valence-electron chi connectivity index (χ2n) is 7.20. The molecule has 4 rings (SSSR count). The minimum atomic E-state index is -1.56. The maximum absolute atomic E-state index is 13.5. The van der Waals surface area contributed by atoms with Crippen LogP contribution >= 0.6 is 0 Å². The summed E-state index contributed by atoms with van der Waals surface area (Å²) in [6.07, 6.45) is 1.54. The number of nitrogens with zero attached hydrogens (tertiary/aromatic N) is 4. The Morgan fingerprint density at radius 1 is 1.28 bits per heavy atom. The van der Waals surface area contributed by atoms with Crippen molar-refractivity contribution in [1.82, 2.24) is 14.7 Å². The van der Waals surface area contributed by atoms with Crippen LogP contribution in [0.2, 0.25) is 0 Å². The molecule has 0 radical (unpaired) electrons. The molecule has 0 N–H and O–H groups in total. The third-order valence-electron chi connectivity index (χ3n) is 5.20. The highest BCUT2D eigenvalue weighted by Gasteiger charge is 2.33. The number of fused-ring (bicyclic) bond motifs is 1. The monoisotopic (exact) mass is 408 g/mol. The molecule has 0 spiro atoms. The van der Waals surface area contributed by atoms with Crippen molar-refractivity contribution in [2.24, 2.45) is 0 Å². The van der Waals surface area contributed by atoms with Crippen LogP contribution < -0.4 is 4.90 Å². The quantitative estimate of drug-likeness (QED) is 0.733. The zero-order valence-electron chi connectivity index (χ0n) is 15.7. The van der Waals surface area contributed by atoms with Gasteiger partial charge < -0.3 is 9.64 Å². The zero-order chi connectivity index (χ0) is 20.7. The lowest BCUT2D eigenvalue weighted by Crippen LogP contribution is -2.46. The van der Waals surface area contributed by atoms with Gasteiger partial charge in [-0.25, -0.2) is 18.0 Å². The van der Waals surface area contributed by atoms with Gasteiger partial charge in [-0.05, 0) is 31.0 Å². The van der Waals surface area contributed by atoms with Crippen LogP contribution in [0.15, 0.2) is 18.3 Å². The summed E-state index contributed by atoms with van der Waals surface area (Å²) < 4.78 is 46.9. The van der Waals surface area contributed by atoms with E-state index < -0.39 is 23.5 Å². The van der Waals surface area contributed by atoms with Gasteiger partial charge in [0.15, 0.2) is 17.5 Å². The molecule has 10 heteroatoms. The maximum atomic E-state index is 13.5. The molecule has 1 saturated heterocycles. The third-order valence-corrected chi connectivity index (χ3v) is 5.20. The van der Waals surface area contributed by atoms with Gasteiger partial charge in [0.05, 0.1) is 43.7 Å². The van der Waals surface area contributed by atoms with E-state index in [2.05, 4.69) is 5.10 Å². The van der Waals surface area contributed by atoms with E-state index in [4.69, 9.17) is 4.74 Å². The van der Waals surface area contributed by atoms with E-state index in [9.17, 15) is 22.8 Å². The molecular formula is C19H19F3N4O3. The molecule has 1 aromatic heterocycles. The Balaban J connectivity index is 1.56. The van der Waals surface area contributed by atoms with Gasteiger partial charge in [-0.1, -0.05) is 0 Å². The zero-order valence-corrected chi connectivity index (χ0v) is 15.7. The van der Waals surface area contributed by atoms with Crippen molar-refractivity contribution in [3.05, 3.63) is 47.0 Å². The number of cyclic esters (lactones) is 1. The van der Waals surface area contributed by atoms with Crippen molar-refractivity contribution in [1.29, 1.82) is 0 Å². The summed E-state index contributed by atoms with van der Waals surface area (Å²) in [7, 11) is 0. The molecule has 2 aliphatic rings. The average Bonchev–Trinajstić information content (AvgIpc) is 3.08. The van der Waals surface area contributed by atoms with Gasteiger partial charge in [0.2, 0.25) is 5.91 Å². The fourth-order valence-electron chi connectivity index (χ4n) is 3.70. The standard InChI is InChI=1S/C19H19F3N4O3/c1-11-9-26-16(15(8-23-26)24-3-2-4-29-19(24)28)10-25(11)17(27)7-12-5-13(20)18(22)14(21)6-12/h5-6,8,11H,2-4,7,9-10H2,1H3/t11-/m0/s1. The van der Waals surface area contributed by atoms with E-state index in [1.807, 2.05) is 6.92 Å². The second-order valence-corrected chi connectivity index (χ2v) is 7.20. The summed E-state index contributed by atoms with van der Waals surface area (Å²) in [5, 5.41) is 4.32. The highest BCUT2D eigenvalue weighted by atomic mass is 19.2. The number of ether oxygens (including phenoxy) is 1. The molecule has 0 aliphatic carbocycles. The van der Waals surface area contributed by atoms with Gasteiger partial charge in [0.1, 0.15) is 0 Å². The lowest BCUT2D eigenvalue weighted by molar-refractivity contribution is -0.134. The maximum Gasteiger partial charge on any atom is 0.414 e. The van der Waals surface area contributed by atoms with Crippen molar-refractivity contribution in [3.8, 4) is 0 Å². The van der Waals surface area contributed by atoms with Crippen LogP contribution in [0.25, 0.3) is 0 Å². The molecule has 3 heterocycles. The first-order valence-electron chi connectivity index (χ1n) is 9.27. The average molecular weight is 408 g/mol. The third kappa shape index (κ3) is 3.54. The predicted molar refractivity (Wildman–Crippen MR) is 95.6 cm³/mol. The number of benzene rings is 1. The minimum absolute atomic E-state index is 0.0533. The second kappa shape index (κ2) is 7.41. The molecule has 154 valence electrons. The summed E-state index contributed by atoms with van der Waals surface area (Å²) >= 11 is 0. The van der Waals surface area contributed by atoms with Crippen LogP contribution in [-0.2, 0) is 29.0 Å². The summed E-state index contributed by atoms with van der Waals surface area (Å²) in [6, 6.07) is 1.43. The smallest absolute Gasteiger partial charge is 0.414 e. The number of carbonyl (C=O) groups excluding carboxylic acids is 2. The van der Waals surface area contributed by atoms with E-state index in [-0.39, 0.29) is 30.5 Å². The van der Waals surface area contributed by atoms with Crippen LogP contribution in [0.4, 0.5) is 23.7 Å². The molecule has 7 nitrogen and oxygen atoms in total. The van der Waals surface area contributed by atoms with Crippen molar-refractivity contribution in [2.75, 3.05) is 18.1 Å².